The second-order valence-corrected chi connectivity index (χ2v) is 6.29. The third kappa shape index (κ3) is 3.57. The van der Waals surface area contributed by atoms with Crippen LogP contribution < -0.4 is 5.32 Å². The summed E-state index contributed by atoms with van der Waals surface area (Å²) < 4.78 is 12.9. The lowest BCUT2D eigenvalue weighted by Gasteiger charge is -2.29. The van der Waals surface area contributed by atoms with Crippen LogP contribution in [0.1, 0.15) is 51.5 Å². The minimum Gasteiger partial charge on any atom is -0.389 e. The molecule has 0 bridgehead atoms. The normalized spacial score (nSPS) is 18.0. The van der Waals surface area contributed by atoms with Gasteiger partial charge in [0.2, 0.25) is 5.91 Å². The minimum atomic E-state index is -0.844. The maximum absolute atomic E-state index is 12.9. The Bertz CT molecular complexity index is 476. The molecule has 1 aliphatic rings. The summed E-state index contributed by atoms with van der Waals surface area (Å²) in [6.45, 7) is 3.74. The van der Waals surface area contributed by atoms with Gasteiger partial charge in [-0.3, -0.25) is 4.79 Å². The molecule has 4 heteroatoms. The van der Waals surface area contributed by atoms with E-state index in [0.29, 0.717) is 12.8 Å². The van der Waals surface area contributed by atoms with E-state index >= 15 is 0 Å². The summed E-state index contributed by atoms with van der Waals surface area (Å²) in [5, 5.41) is 13.2. The molecule has 1 aromatic rings. The first kappa shape index (κ1) is 15.0. The van der Waals surface area contributed by atoms with Crippen LogP contribution in [0.2, 0.25) is 0 Å². The fourth-order valence-electron chi connectivity index (χ4n) is 2.84. The van der Waals surface area contributed by atoms with Crippen molar-refractivity contribution in [2.24, 2.45) is 0 Å². The van der Waals surface area contributed by atoms with Crippen LogP contribution in [0.5, 0.6) is 0 Å². The number of hydrogen-bond donors (Lipinski definition) is 2. The summed E-state index contributed by atoms with van der Waals surface area (Å²) in [5.74, 6) is -0.458. The van der Waals surface area contributed by atoms with Crippen molar-refractivity contribution in [3.63, 3.8) is 0 Å². The van der Waals surface area contributed by atoms with Crippen LogP contribution in [0.3, 0.4) is 0 Å². The van der Waals surface area contributed by atoms with E-state index < -0.39 is 11.1 Å². The maximum atomic E-state index is 12.9. The molecule has 1 aromatic carbocycles. The first-order valence-electron chi connectivity index (χ1n) is 7.10. The third-order valence-corrected chi connectivity index (χ3v) is 4.04. The number of halogens is 1. The van der Waals surface area contributed by atoms with Gasteiger partial charge >= 0.3 is 0 Å². The molecule has 3 nitrogen and oxygen atoms in total. The summed E-state index contributed by atoms with van der Waals surface area (Å²) in [6.07, 6.45) is 3.47. The Labute approximate surface area is 119 Å². The summed E-state index contributed by atoms with van der Waals surface area (Å²) >= 11 is 0. The lowest BCUT2D eigenvalue weighted by Crippen LogP contribution is -2.44. The molecule has 0 heterocycles. The number of benzene rings is 1. The van der Waals surface area contributed by atoms with Crippen LogP contribution in [-0.2, 0) is 10.3 Å². The highest BCUT2D eigenvalue weighted by molar-refractivity contribution is 5.78. The van der Waals surface area contributed by atoms with Gasteiger partial charge in [0.1, 0.15) is 5.82 Å². The zero-order valence-electron chi connectivity index (χ0n) is 12.1. The molecule has 2 rings (SSSR count). The maximum Gasteiger partial charge on any atom is 0.223 e. The van der Waals surface area contributed by atoms with E-state index in [4.69, 9.17) is 0 Å². The Balaban J connectivity index is 2.00. The van der Waals surface area contributed by atoms with Gasteiger partial charge in [0.25, 0.3) is 0 Å². The van der Waals surface area contributed by atoms with Crippen LogP contribution in [0.4, 0.5) is 4.39 Å². The zero-order valence-corrected chi connectivity index (χ0v) is 12.1. The molecule has 1 fully saturated rings. The second kappa shape index (κ2) is 5.52. The van der Waals surface area contributed by atoms with Crippen LogP contribution in [0.15, 0.2) is 24.3 Å². The van der Waals surface area contributed by atoms with Crippen LogP contribution in [0, 0.1) is 5.82 Å². The average Bonchev–Trinajstić information content (AvgIpc) is 2.75. The highest BCUT2D eigenvalue weighted by Crippen LogP contribution is 2.32. The Morgan fingerprint density at radius 3 is 2.40 bits per heavy atom. The Kier molecular flexibility index (Phi) is 4.14. The van der Waals surface area contributed by atoms with Crippen molar-refractivity contribution in [2.45, 2.75) is 57.1 Å². The van der Waals surface area contributed by atoms with Crippen molar-refractivity contribution in [3.8, 4) is 0 Å². The fraction of sp³-hybridized carbons (Fsp3) is 0.562. The van der Waals surface area contributed by atoms with Gasteiger partial charge in [-0.15, -0.1) is 0 Å². The Morgan fingerprint density at radius 2 is 1.85 bits per heavy atom. The molecule has 20 heavy (non-hydrogen) atoms. The largest absolute Gasteiger partial charge is 0.389 e. The predicted octanol–water partition coefficient (Wildman–Crippen LogP) is 2.87. The van der Waals surface area contributed by atoms with Crippen molar-refractivity contribution in [1.29, 1.82) is 0 Å². The molecule has 0 unspecified atom stereocenters. The first-order chi connectivity index (χ1) is 9.31. The van der Waals surface area contributed by atoms with Gasteiger partial charge in [-0.05, 0) is 44.4 Å². The van der Waals surface area contributed by atoms with Gasteiger partial charge in [0.15, 0.2) is 0 Å². The molecule has 110 valence electrons. The number of nitrogens with one attached hydrogen (secondary N) is 1. The zero-order chi connectivity index (χ0) is 14.8. The van der Waals surface area contributed by atoms with Gasteiger partial charge in [-0.25, -0.2) is 4.39 Å². The van der Waals surface area contributed by atoms with Gasteiger partial charge in [-0.1, -0.05) is 25.0 Å². The fourth-order valence-corrected chi connectivity index (χ4v) is 2.84. The van der Waals surface area contributed by atoms with E-state index in [2.05, 4.69) is 5.32 Å². The van der Waals surface area contributed by atoms with E-state index in [9.17, 15) is 14.3 Å². The number of hydrogen-bond acceptors (Lipinski definition) is 2. The van der Waals surface area contributed by atoms with E-state index in [-0.39, 0.29) is 18.1 Å². The molecular weight excluding hydrogens is 257 g/mol. The molecule has 0 saturated heterocycles. The van der Waals surface area contributed by atoms with Crippen molar-refractivity contribution in [2.75, 3.05) is 0 Å². The number of rotatable bonds is 4. The molecule has 2 N–H and O–H groups in total. The summed E-state index contributed by atoms with van der Waals surface area (Å²) in [6, 6.07) is 6.10. The second-order valence-electron chi connectivity index (χ2n) is 6.29. The summed E-state index contributed by atoms with van der Waals surface area (Å²) in [5.41, 5.74) is -0.589. The van der Waals surface area contributed by atoms with Gasteiger partial charge in [0.05, 0.1) is 17.6 Å². The number of aliphatic hydroxyl groups is 1. The minimum absolute atomic E-state index is 0.137. The van der Waals surface area contributed by atoms with E-state index in [1.54, 1.807) is 12.1 Å². The first-order valence-corrected chi connectivity index (χ1v) is 7.10. The molecule has 0 radical (unpaired) electrons. The standard InChI is InChI=1S/C16H22FNO2/c1-15(2,12-5-7-13(17)8-6-12)18-14(19)11-16(20)9-3-4-10-16/h5-8,20H,3-4,9-11H2,1-2H3,(H,18,19). The monoisotopic (exact) mass is 279 g/mol. The predicted molar refractivity (Wildman–Crippen MR) is 75.6 cm³/mol. The van der Waals surface area contributed by atoms with E-state index in [1.165, 1.54) is 12.1 Å². The lowest BCUT2D eigenvalue weighted by atomic mass is 9.92. The molecule has 1 saturated carbocycles. The third-order valence-electron chi connectivity index (χ3n) is 4.04. The Hall–Kier alpha value is -1.42. The topological polar surface area (TPSA) is 49.3 Å². The Morgan fingerprint density at radius 1 is 1.30 bits per heavy atom. The molecule has 0 aromatic heterocycles. The highest BCUT2D eigenvalue weighted by Gasteiger charge is 2.35. The van der Waals surface area contributed by atoms with Crippen molar-refractivity contribution >= 4 is 5.91 Å². The van der Waals surface area contributed by atoms with Crippen molar-refractivity contribution in [3.05, 3.63) is 35.6 Å². The number of amides is 1. The number of carbonyl (C=O) groups is 1. The lowest BCUT2D eigenvalue weighted by molar-refractivity contribution is -0.127. The van der Waals surface area contributed by atoms with Gasteiger partial charge < -0.3 is 10.4 Å². The molecule has 1 aliphatic carbocycles. The van der Waals surface area contributed by atoms with E-state index in [1.807, 2.05) is 13.8 Å². The molecule has 0 atom stereocenters. The molecule has 0 spiro atoms. The van der Waals surface area contributed by atoms with Gasteiger partial charge in [-0.2, -0.15) is 0 Å². The molecule has 0 aliphatic heterocycles. The smallest absolute Gasteiger partial charge is 0.223 e. The van der Waals surface area contributed by atoms with Crippen molar-refractivity contribution < 1.29 is 14.3 Å². The number of carbonyl (C=O) groups excluding carboxylic acids is 1. The summed E-state index contributed by atoms with van der Waals surface area (Å²) in [7, 11) is 0. The van der Waals surface area contributed by atoms with E-state index in [0.717, 1.165) is 18.4 Å². The van der Waals surface area contributed by atoms with Crippen LogP contribution >= 0.6 is 0 Å². The van der Waals surface area contributed by atoms with Crippen LogP contribution in [0.25, 0.3) is 0 Å². The van der Waals surface area contributed by atoms with Crippen molar-refractivity contribution in [1.82, 2.24) is 5.32 Å². The average molecular weight is 279 g/mol. The summed E-state index contributed by atoms with van der Waals surface area (Å²) in [4.78, 5) is 12.1. The molecular formula is C16H22FNO2. The molecule has 1 amide bonds. The highest BCUT2D eigenvalue weighted by atomic mass is 19.1. The quantitative estimate of drug-likeness (QED) is 0.890. The van der Waals surface area contributed by atoms with Gasteiger partial charge in [0, 0.05) is 0 Å². The van der Waals surface area contributed by atoms with Crippen LogP contribution in [-0.4, -0.2) is 16.6 Å². The SMILES string of the molecule is CC(C)(NC(=O)CC1(O)CCCC1)c1ccc(F)cc1.